The summed E-state index contributed by atoms with van der Waals surface area (Å²) in [5.74, 6) is 0.803. The van der Waals surface area contributed by atoms with E-state index >= 15 is 0 Å². The molecule has 8 nitrogen and oxygen atoms in total. The standard InChI is InChI=1S/C27H18O8/c1-8-3-10-16-17-11-4-9(2)35-27(11)25(31)19-13(29)6-15-21(23(17)19)20-14(32-7-33-15)5-12(28)18(22(16)20)24(30)26(10)34-8/h5-6,8-9,30-31H,3-4,7H2,1-2H3/t8-,9-/m1/s1. The zero-order valence-electron chi connectivity index (χ0n) is 18.8. The highest BCUT2D eigenvalue weighted by Crippen LogP contribution is 2.57. The van der Waals surface area contributed by atoms with Gasteiger partial charge in [0.15, 0.2) is 33.9 Å². The second-order valence-electron chi connectivity index (χ2n) is 9.73. The minimum absolute atomic E-state index is 0.141. The summed E-state index contributed by atoms with van der Waals surface area (Å²) in [4.78, 5) is 26.7. The van der Waals surface area contributed by atoms with Gasteiger partial charge in [0.2, 0.25) is 6.79 Å². The lowest BCUT2D eigenvalue weighted by atomic mass is 9.83. The largest absolute Gasteiger partial charge is 0.504 e. The molecule has 3 aliphatic rings. The third kappa shape index (κ3) is 2.06. The normalized spacial score (nSPS) is 20.2. The van der Waals surface area contributed by atoms with Crippen LogP contribution in [-0.2, 0) is 12.8 Å². The molecule has 0 fully saturated rings. The molecule has 2 N–H and O–H groups in total. The van der Waals surface area contributed by atoms with Gasteiger partial charge in [-0.1, -0.05) is 0 Å². The average molecular weight is 470 g/mol. The Morgan fingerprint density at radius 1 is 0.657 bits per heavy atom. The van der Waals surface area contributed by atoms with Crippen LogP contribution in [0.1, 0.15) is 25.0 Å². The van der Waals surface area contributed by atoms with Crippen molar-refractivity contribution in [1.29, 1.82) is 0 Å². The highest BCUT2D eigenvalue weighted by molar-refractivity contribution is 6.38. The fourth-order valence-corrected chi connectivity index (χ4v) is 6.42. The molecule has 5 aromatic carbocycles. The summed E-state index contributed by atoms with van der Waals surface area (Å²) in [6.45, 7) is 3.62. The minimum Gasteiger partial charge on any atom is -0.504 e. The highest BCUT2D eigenvalue weighted by atomic mass is 16.7. The number of phenolic OH excluding ortho intramolecular Hbond substituents is 2. The molecule has 2 atom stereocenters. The zero-order chi connectivity index (χ0) is 23.9. The van der Waals surface area contributed by atoms with Gasteiger partial charge in [0.1, 0.15) is 23.7 Å². The molecule has 0 saturated heterocycles. The second kappa shape index (κ2) is 5.89. The monoisotopic (exact) mass is 470 g/mol. The van der Waals surface area contributed by atoms with Gasteiger partial charge in [0, 0.05) is 57.6 Å². The quantitative estimate of drug-likeness (QED) is 0.260. The van der Waals surface area contributed by atoms with Gasteiger partial charge in [0.25, 0.3) is 0 Å². The van der Waals surface area contributed by atoms with Crippen molar-refractivity contribution in [2.45, 2.75) is 38.9 Å². The van der Waals surface area contributed by atoms with Gasteiger partial charge in [-0.25, -0.2) is 0 Å². The van der Waals surface area contributed by atoms with Crippen LogP contribution in [0.25, 0.3) is 43.1 Å². The van der Waals surface area contributed by atoms with Crippen LogP contribution in [0.2, 0.25) is 0 Å². The van der Waals surface area contributed by atoms with Crippen LogP contribution in [0.5, 0.6) is 34.5 Å². The molecular formula is C27H18O8. The van der Waals surface area contributed by atoms with Crippen LogP contribution in [0.4, 0.5) is 0 Å². The van der Waals surface area contributed by atoms with E-state index in [-0.39, 0.29) is 52.8 Å². The third-order valence-corrected chi connectivity index (χ3v) is 7.62. The van der Waals surface area contributed by atoms with Gasteiger partial charge in [-0.3, -0.25) is 9.59 Å². The van der Waals surface area contributed by atoms with Crippen molar-refractivity contribution < 1.29 is 29.2 Å². The molecule has 8 heteroatoms. The Labute approximate surface area is 196 Å². The first kappa shape index (κ1) is 19.1. The van der Waals surface area contributed by atoms with Crippen LogP contribution < -0.4 is 29.8 Å². The molecule has 0 aliphatic carbocycles. The van der Waals surface area contributed by atoms with Crippen LogP contribution >= 0.6 is 0 Å². The maximum Gasteiger partial charge on any atom is 0.230 e. The minimum atomic E-state index is -0.396. The third-order valence-electron chi connectivity index (χ3n) is 7.62. The van der Waals surface area contributed by atoms with Gasteiger partial charge in [-0.2, -0.15) is 0 Å². The molecule has 8 rings (SSSR count). The molecule has 174 valence electrons. The number of hydrogen-bond acceptors (Lipinski definition) is 8. The predicted octanol–water partition coefficient (Wildman–Crippen LogP) is 3.68. The Hall–Kier alpha value is -4.20. The van der Waals surface area contributed by atoms with Crippen molar-refractivity contribution in [2.24, 2.45) is 0 Å². The zero-order valence-corrected chi connectivity index (χ0v) is 18.8. The van der Waals surface area contributed by atoms with Crippen molar-refractivity contribution in [3.8, 4) is 34.5 Å². The van der Waals surface area contributed by atoms with E-state index in [2.05, 4.69) is 0 Å². The predicted molar refractivity (Wildman–Crippen MR) is 128 cm³/mol. The molecule has 3 heterocycles. The summed E-state index contributed by atoms with van der Waals surface area (Å²) >= 11 is 0. The smallest absolute Gasteiger partial charge is 0.230 e. The number of fused-ring (bicyclic) bond motifs is 5. The molecule has 3 aliphatic heterocycles. The number of aromatic hydroxyl groups is 2. The molecule has 0 radical (unpaired) electrons. The summed E-state index contributed by atoms with van der Waals surface area (Å²) in [5.41, 5.74) is 0.731. The topological polar surface area (TPSA) is 112 Å². The molecule has 0 spiro atoms. The molecule has 5 aromatic rings. The second-order valence-corrected chi connectivity index (χ2v) is 9.73. The summed E-state index contributed by atoms with van der Waals surface area (Å²) in [6.07, 6.45) is 0.596. The Morgan fingerprint density at radius 3 is 1.51 bits per heavy atom. The number of phenols is 2. The van der Waals surface area contributed by atoms with Gasteiger partial charge in [-0.05, 0) is 24.6 Å². The fraction of sp³-hybridized carbons (Fsp3) is 0.259. The molecule has 0 saturated carbocycles. The summed E-state index contributed by atoms with van der Waals surface area (Å²) < 4.78 is 23.6. The number of benzene rings is 5. The summed E-state index contributed by atoms with van der Waals surface area (Å²) in [6, 6.07) is 2.68. The van der Waals surface area contributed by atoms with E-state index in [1.165, 1.54) is 12.1 Å². The highest BCUT2D eigenvalue weighted by Gasteiger charge is 2.37. The lowest BCUT2D eigenvalue weighted by molar-refractivity contribution is 0.125. The molecular weight excluding hydrogens is 452 g/mol. The Morgan fingerprint density at radius 2 is 1.09 bits per heavy atom. The summed E-state index contributed by atoms with van der Waals surface area (Å²) in [5, 5.41) is 26.4. The van der Waals surface area contributed by atoms with Crippen LogP contribution in [0, 0.1) is 0 Å². The fourth-order valence-electron chi connectivity index (χ4n) is 6.42. The van der Waals surface area contributed by atoms with E-state index in [1.807, 2.05) is 13.8 Å². The van der Waals surface area contributed by atoms with Gasteiger partial charge < -0.3 is 29.2 Å². The van der Waals surface area contributed by atoms with E-state index in [9.17, 15) is 19.8 Å². The molecule has 0 bridgehead atoms. The van der Waals surface area contributed by atoms with E-state index in [4.69, 9.17) is 18.9 Å². The van der Waals surface area contributed by atoms with Crippen molar-refractivity contribution in [2.75, 3.05) is 6.79 Å². The number of rotatable bonds is 0. The average Bonchev–Trinajstić information content (AvgIpc) is 3.34. The van der Waals surface area contributed by atoms with Crippen molar-refractivity contribution >= 4 is 43.1 Å². The molecule has 0 aromatic heterocycles. The molecule has 35 heavy (non-hydrogen) atoms. The first-order valence-electron chi connectivity index (χ1n) is 11.6. The van der Waals surface area contributed by atoms with E-state index in [1.54, 1.807) is 0 Å². The van der Waals surface area contributed by atoms with E-state index < -0.39 is 10.9 Å². The Balaban J connectivity index is 1.84. The number of hydrogen-bond donors (Lipinski definition) is 2. The Kier molecular flexibility index (Phi) is 3.22. The van der Waals surface area contributed by atoms with Gasteiger partial charge >= 0.3 is 0 Å². The first-order chi connectivity index (χ1) is 16.8. The van der Waals surface area contributed by atoms with E-state index in [0.29, 0.717) is 45.9 Å². The summed E-state index contributed by atoms with van der Waals surface area (Å²) in [7, 11) is 0. The van der Waals surface area contributed by atoms with E-state index in [0.717, 1.165) is 21.9 Å². The molecule has 0 unspecified atom stereocenters. The lowest BCUT2D eigenvalue weighted by Crippen LogP contribution is -2.08. The van der Waals surface area contributed by atoms with Crippen LogP contribution in [0.3, 0.4) is 0 Å². The lowest BCUT2D eigenvalue weighted by Gasteiger charge is -2.20. The number of ether oxygens (including phenoxy) is 4. The van der Waals surface area contributed by atoms with Crippen molar-refractivity contribution in [3.05, 3.63) is 43.7 Å². The van der Waals surface area contributed by atoms with Crippen LogP contribution in [-0.4, -0.2) is 29.2 Å². The van der Waals surface area contributed by atoms with Crippen LogP contribution in [0.15, 0.2) is 21.7 Å². The Bertz CT molecular complexity index is 1790. The SMILES string of the molecule is C[C@@H]1Cc2c(c(O)c3c(=O)cc4c5c6c(cc(=O)c7c(O)c8c(c(c2c35)c76)C[C@@H](C)O8)OCO4)O1. The maximum atomic E-state index is 13.3. The first-order valence-corrected chi connectivity index (χ1v) is 11.6. The van der Waals surface area contributed by atoms with Gasteiger partial charge in [-0.15, -0.1) is 0 Å². The van der Waals surface area contributed by atoms with Crippen molar-refractivity contribution in [1.82, 2.24) is 0 Å². The van der Waals surface area contributed by atoms with Gasteiger partial charge in [0.05, 0.1) is 10.8 Å². The van der Waals surface area contributed by atoms with Crippen molar-refractivity contribution in [3.63, 3.8) is 0 Å². The molecule has 0 amide bonds. The maximum absolute atomic E-state index is 13.3.